The molecule has 1 aliphatic heterocycles. The van der Waals surface area contributed by atoms with Crippen LogP contribution < -0.4 is 4.90 Å². The molecule has 0 amide bonds. The summed E-state index contributed by atoms with van der Waals surface area (Å²) in [6, 6.07) is 0. The molecule has 1 fully saturated rings. The summed E-state index contributed by atoms with van der Waals surface area (Å²) in [5, 5.41) is 0.591. The summed E-state index contributed by atoms with van der Waals surface area (Å²) < 4.78 is 5.90. The highest BCUT2D eigenvalue weighted by Crippen LogP contribution is 2.27. The minimum atomic E-state index is 0.312. The first-order chi connectivity index (χ1) is 9.76. The summed E-state index contributed by atoms with van der Waals surface area (Å²) in [6.45, 7) is 7.06. The third-order valence-corrected chi connectivity index (χ3v) is 3.93. The van der Waals surface area contributed by atoms with E-state index in [0.717, 1.165) is 63.2 Å². The maximum Gasteiger partial charge on any atom is 0.137 e. The predicted octanol–water partition coefficient (Wildman–Crippen LogP) is 3.48. The molecule has 0 aliphatic carbocycles. The Hall–Kier alpha value is -0.870. The Morgan fingerprint density at radius 3 is 2.95 bits per heavy atom. The van der Waals surface area contributed by atoms with Crippen LogP contribution in [0.4, 0.5) is 5.82 Å². The maximum atomic E-state index is 6.24. The molecule has 0 N–H and O–H groups in total. The molecule has 1 aliphatic rings. The molecule has 4 nitrogen and oxygen atoms in total. The molecule has 1 unspecified atom stereocenters. The number of nitrogens with zero attached hydrogens (tertiary/aromatic N) is 3. The van der Waals surface area contributed by atoms with Gasteiger partial charge in [0.2, 0.25) is 0 Å². The van der Waals surface area contributed by atoms with Gasteiger partial charge in [0.05, 0.1) is 6.10 Å². The van der Waals surface area contributed by atoms with E-state index in [9.17, 15) is 0 Å². The van der Waals surface area contributed by atoms with Gasteiger partial charge in [0.25, 0.3) is 0 Å². The van der Waals surface area contributed by atoms with E-state index in [0.29, 0.717) is 11.3 Å². The van der Waals surface area contributed by atoms with E-state index in [1.165, 1.54) is 0 Å². The average Bonchev–Trinajstić information content (AvgIpc) is 2.48. The van der Waals surface area contributed by atoms with Gasteiger partial charge in [0.1, 0.15) is 17.3 Å². The van der Waals surface area contributed by atoms with Gasteiger partial charge in [0, 0.05) is 25.3 Å². The quantitative estimate of drug-likeness (QED) is 0.754. The number of ether oxygens (including phenoxy) is 1. The lowest BCUT2D eigenvalue weighted by Crippen LogP contribution is -2.40. The molecule has 1 atom stereocenters. The zero-order valence-electron chi connectivity index (χ0n) is 12.4. The Labute approximate surface area is 126 Å². The number of hydrogen-bond acceptors (Lipinski definition) is 4. The van der Waals surface area contributed by atoms with E-state index in [1.54, 1.807) is 6.33 Å². The van der Waals surface area contributed by atoms with Crippen LogP contribution in [-0.2, 0) is 11.2 Å². The topological polar surface area (TPSA) is 38.2 Å². The lowest BCUT2D eigenvalue weighted by molar-refractivity contribution is 0.0439. The van der Waals surface area contributed by atoms with Crippen molar-refractivity contribution in [2.45, 2.75) is 52.1 Å². The molecular formula is C15H24ClN3O. The van der Waals surface area contributed by atoms with Gasteiger partial charge in [-0.15, -0.1) is 0 Å². The molecule has 5 heteroatoms. The molecule has 112 valence electrons. The SMILES string of the molecule is CCCOC1CCCN(c2ncnc(Cl)c2CCC)C1. The fourth-order valence-electron chi connectivity index (χ4n) is 2.67. The Morgan fingerprint density at radius 2 is 2.20 bits per heavy atom. The van der Waals surface area contributed by atoms with Gasteiger partial charge in [-0.2, -0.15) is 0 Å². The Balaban J connectivity index is 2.12. The first-order valence-electron chi connectivity index (χ1n) is 7.62. The summed E-state index contributed by atoms with van der Waals surface area (Å²) in [5.41, 5.74) is 1.08. The molecule has 1 aromatic rings. The molecule has 0 aromatic carbocycles. The van der Waals surface area contributed by atoms with Crippen molar-refractivity contribution in [3.05, 3.63) is 17.0 Å². The predicted molar refractivity (Wildman–Crippen MR) is 82.5 cm³/mol. The smallest absolute Gasteiger partial charge is 0.137 e. The molecule has 0 bridgehead atoms. The van der Waals surface area contributed by atoms with Crippen LogP contribution in [0.3, 0.4) is 0 Å². The van der Waals surface area contributed by atoms with Crippen molar-refractivity contribution in [2.75, 3.05) is 24.6 Å². The summed E-state index contributed by atoms with van der Waals surface area (Å²) in [7, 11) is 0. The number of anilines is 1. The van der Waals surface area contributed by atoms with Gasteiger partial charge in [-0.3, -0.25) is 0 Å². The van der Waals surface area contributed by atoms with Crippen LogP contribution in [0.5, 0.6) is 0 Å². The van der Waals surface area contributed by atoms with Crippen molar-refractivity contribution >= 4 is 17.4 Å². The second kappa shape index (κ2) is 7.79. The van der Waals surface area contributed by atoms with Crippen LogP contribution >= 0.6 is 11.6 Å². The highest BCUT2D eigenvalue weighted by atomic mass is 35.5. The normalized spacial score (nSPS) is 19.4. The van der Waals surface area contributed by atoms with Crippen LogP contribution in [0.1, 0.15) is 45.1 Å². The number of halogens is 1. The van der Waals surface area contributed by atoms with E-state index >= 15 is 0 Å². The first-order valence-corrected chi connectivity index (χ1v) is 8.00. The third-order valence-electron chi connectivity index (χ3n) is 3.61. The van der Waals surface area contributed by atoms with Crippen molar-refractivity contribution in [2.24, 2.45) is 0 Å². The van der Waals surface area contributed by atoms with Crippen molar-refractivity contribution < 1.29 is 4.74 Å². The highest BCUT2D eigenvalue weighted by molar-refractivity contribution is 6.30. The van der Waals surface area contributed by atoms with Crippen LogP contribution in [0.25, 0.3) is 0 Å². The zero-order chi connectivity index (χ0) is 14.4. The Morgan fingerprint density at radius 1 is 1.35 bits per heavy atom. The summed E-state index contributed by atoms with van der Waals surface area (Å²) in [6.07, 6.45) is 7.19. The molecule has 0 saturated carbocycles. The summed E-state index contributed by atoms with van der Waals surface area (Å²) >= 11 is 6.24. The molecule has 2 heterocycles. The molecule has 1 aromatic heterocycles. The van der Waals surface area contributed by atoms with Crippen molar-refractivity contribution in [3.63, 3.8) is 0 Å². The van der Waals surface area contributed by atoms with E-state index in [1.807, 2.05) is 0 Å². The minimum Gasteiger partial charge on any atom is -0.376 e. The number of hydrogen-bond donors (Lipinski definition) is 0. The Bertz CT molecular complexity index is 428. The van der Waals surface area contributed by atoms with Gasteiger partial charge in [-0.05, 0) is 25.7 Å². The number of aromatic nitrogens is 2. The van der Waals surface area contributed by atoms with Gasteiger partial charge in [-0.25, -0.2) is 9.97 Å². The molecule has 0 spiro atoms. The highest BCUT2D eigenvalue weighted by Gasteiger charge is 2.24. The van der Waals surface area contributed by atoms with Gasteiger partial charge in [0.15, 0.2) is 0 Å². The van der Waals surface area contributed by atoms with Gasteiger partial charge < -0.3 is 9.64 Å². The van der Waals surface area contributed by atoms with Gasteiger partial charge in [-0.1, -0.05) is 31.9 Å². The van der Waals surface area contributed by atoms with E-state index < -0.39 is 0 Å². The van der Waals surface area contributed by atoms with Crippen LogP contribution in [0.15, 0.2) is 6.33 Å². The summed E-state index contributed by atoms with van der Waals surface area (Å²) in [4.78, 5) is 10.9. The Kier molecular flexibility index (Phi) is 6.05. The van der Waals surface area contributed by atoms with E-state index in [-0.39, 0.29) is 0 Å². The second-order valence-electron chi connectivity index (χ2n) is 5.30. The van der Waals surface area contributed by atoms with E-state index in [2.05, 4.69) is 28.7 Å². The molecule has 0 radical (unpaired) electrons. The maximum absolute atomic E-state index is 6.24. The fourth-order valence-corrected chi connectivity index (χ4v) is 2.89. The first kappa shape index (κ1) is 15.5. The number of rotatable bonds is 6. The molecule has 20 heavy (non-hydrogen) atoms. The van der Waals surface area contributed by atoms with Gasteiger partial charge >= 0.3 is 0 Å². The largest absolute Gasteiger partial charge is 0.376 e. The van der Waals surface area contributed by atoms with Crippen LogP contribution in [0.2, 0.25) is 5.15 Å². The molecule has 1 saturated heterocycles. The van der Waals surface area contributed by atoms with Crippen molar-refractivity contribution in [3.8, 4) is 0 Å². The third kappa shape index (κ3) is 3.83. The lowest BCUT2D eigenvalue weighted by atomic mass is 10.1. The van der Waals surface area contributed by atoms with Crippen LogP contribution in [-0.4, -0.2) is 35.8 Å². The van der Waals surface area contributed by atoms with Crippen molar-refractivity contribution in [1.82, 2.24) is 9.97 Å². The van der Waals surface area contributed by atoms with Crippen molar-refractivity contribution in [1.29, 1.82) is 0 Å². The lowest BCUT2D eigenvalue weighted by Gasteiger charge is -2.34. The number of piperidine rings is 1. The standard InChI is InChI=1S/C15H24ClN3O/c1-3-6-13-14(16)17-11-18-15(13)19-8-5-7-12(10-19)20-9-4-2/h11-12H,3-10H2,1-2H3. The molecular weight excluding hydrogens is 274 g/mol. The summed E-state index contributed by atoms with van der Waals surface area (Å²) in [5.74, 6) is 0.997. The minimum absolute atomic E-state index is 0.312. The fraction of sp³-hybridized carbons (Fsp3) is 0.733. The van der Waals surface area contributed by atoms with Crippen LogP contribution in [0, 0.1) is 0 Å². The second-order valence-corrected chi connectivity index (χ2v) is 5.66. The average molecular weight is 298 g/mol. The zero-order valence-corrected chi connectivity index (χ0v) is 13.2. The molecule has 2 rings (SSSR count). The monoisotopic (exact) mass is 297 g/mol. The van der Waals surface area contributed by atoms with E-state index in [4.69, 9.17) is 16.3 Å².